The smallest absolute Gasteiger partial charge is 0.0577 e. The number of nitrogens with one attached hydrogen (secondary N) is 1. The van der Waals surface area contributed by atoms with E-state index in [1.807, 2.05) is 6.92 Å². The SMILES string of the molecule is CC(CS)(CS)NO. The van der Waals surface area contributed by atoms with Crippen LogP contribution in [0.2, 0.25) is 0 Å². The molecule has 0 unspecified atom stereocenters. The van der Waals surface area contributed by atoms with E-state index in [1.54, 1.807) is 0 Å². The zero-order valence-electron chi connectivity index (χ0n) is 4.76. The fourth-order valence-corrected chi connectivity index (χ4v) is 0.662. The number of hydrogen-bond acceptors (Lipinski definition) is 4. The van der Waals surface area contributed by atoms with Crippen LogP contribution >= 0.6 is 25.3 Å². The van der Waals surface area contributed by atoms with Crippen LogP contribution in [-0.2, 0) is 0 Å². The van der Waals surface area contributed by atoms with Crippen molar-refractivity contribution in [3.05, 3.63) is 0 Å². The number of hydrogen-bond donors (Lipinski definition) is 4. The van der Waals surface area contributed by atoms with E-state index in [9.17, 15) is 0 Å². The van der Waals surface area contributed by atoms with Gasteiger partial charge in [-0.3, -0.25) is 0 Å². The van der Waals surface area contributed by atoms with Crippen LogP contribution in [0.25, 0.3) is 0 Å². The molecule has 0 aliphatic heterocycles. The van der Waals surface area contributed by atoms with Crippen LogP contribution in [0.15, 0.2) is 0 Å². The molecule has 8 heavy (non-hydrogen) atoms. The van der Waals surface area contributed by atoms with Crippen molar-refractivity contribution in [1.29, 1.82) is 0 Å². The maximum absolute atomic E-state index is 8.44. The first-order valence-electron chi connectivity index (χ1n) is 2.31. The molecule has 0 saturated heterocycles. The Hall–Kier alpha value is 0.620. The average molecular weight is 153 g/mol. The molecule has 50 valence electrons. The van der Waals surface area contributed by atoms with Crippen LogP contribution in [0.5, 0.6) is 0 Å². The molecule has 0 rings (SSSR count). The van der Waals surface area contributed by atoms with Crippen LogP contribution in [-0.4, -0.2) is 22.3 Å². The normalized spacial score (nSPS) is 12.0. The van der Waals surface area contributed by atoms with Crippen molar-refractivity contribution in [3.63, 3.8) is 0 Å². The van der Waals surface area contributed by atoms with Crippen LogP contribution < -0.4 is 5.48 Å². The Labute approximate surface area is 60.4 Å². The first-order chi connectivity index (χ1) is 3.68. The largest absolute Gasteiger partial charge is 0.316 e. The lowest BCUT2D eigenvalue weighted by Crippen LogP contribution is -2.43. The van der Waals surface area contributed by atoms with Gasteiger partial charge in [0.1, 0.15) is 0 Å². The second kappa shape index (κ2) is 3.61. The van der Waals surface area contributed by atoms with Gasteiger partial charge >= 0.3 is 0 Å². The monoisotopic (exact) mass is 153 g/mol. The Bertz CT molecular complexity index is 56.8. The molecule has 0 aromatic rings. The molecule has 0 radical (unpaired) electrons. The Morgan fingerprint density at radius 2 is 1.88 bits per heavy atom. The van der Waals surface area contributed by atoms with Crippen molar-refractivity contribution in [3.8, 4) is 0 Å². The van der Waals surface area contributed by atoms with Gasteiger partial charge in [0.05, 0.1) is 5.54 Å². The molecule has 4 heteroatoms. The van der Waals surface area contributed by atoms with Gasteiger partial charge in [-0.1, -0.05) is 0 Å². The molecule has 0 aliphatic rings. The summed E-state index contributed by atoms with van der Waals surface area (Å²) in [5.74, 6) is 1.15. The van der Waals surface area contributed by atoms with Crippen molar-refractivity contribution in [2.24, 2.45) is 0 Å². The summed E-state index contributed by atoms with van der Waals surface area (Å²) < 4.78 is 0. The van der Waals surface area contributed by atoms with E-state index in [2.05, 4.69) is 30.7 Å². The molecule has 2 N–H and O–H groups in total. The van der Waals surface area contributed by atoms with E-state index in [-0.39, 0.29) is 5.54 Å². The Morgan fingerprint density at radius 1 is 1.50 bits per heavy atom. The van der Waals surface area contributed by atoms with E-state index in [0.717, 1.165) is 0 Å². The Kier molecular flexibility index (Phi) is 3.89. The van der Waals surface area contributed by atoms with Gasteiger partial charge in [-0.05, 0) is 6.92 Å². The van der Waals surface area contributed by atoms with Gasteiger partial charge in [-0.15, -0.1) is 0 Å². The highest BCUT2D eigenvalue weighted by molar-refractivity contribution is 7.81. The first kappa shape index (κ1) is 8.62. The molecule has 0 amide bonds. The number of thiol groups is 2. The minimum Gasteiger partial charge on any atom is -0.316 e. The Morgan fingerprint density at radius 3 is 1.88 bits per heavy atom. The summed E-state index contributed by atoms with van der Waals surface area (Å²) >= 11 is 7.98. The van der Waals surface area contributed by atoms with E-state index in [0.29, 0.717) is 11.5 Å². The maximum atomic E-state index is 8.44. The quantitative estimate of drug-likeness (QED) is 0.353. The lowest BCUT2D eigenvalue weighted by molar-refractivity contribution is 0.0971. The van der Waals surface area contributed by atoms with Gasteiger partial charge in [-0.2, -0.15) is 30.7 Å². The van der Waals surface area contributed by atoms with E-state index < -0.39 is 0 Å². The van der Waals surface area contributed by atoms with Crippen LogP contribution in [0.4, 0.5) is 0 Å². The van der Waals surface area contributed by atoms with Crippen LogP contribution in [0.3, 0.4) is 0 Å². The van der Waals surface area contributed by atoms with Gasteiger partial charge in [0, 0.05) is 11.5 Å². The second-order valence-corrected chi connectivity index (χ2v) is 2.62. The van der Waals surface area contributed by atoms with E-state index in [4.69, 9.17) is 5.21 Å². The lowest BCUT2D eigenvalue weighted by Gasteiger charge is -2.22. The molecule has 0 aromatic carbocycles. The van der Waals surface area contributed by atoms with Crippen LogP contribution in [0, 0.1) is 0 Å². The van der Waals surface area contributed by atoms with Crippen molar-refractivity contribution < 1.29 is 5.21 Å². The van der Waals surface area contributed by atoms with Crippen LogP contribution in [0.1, 0.15) is 6.92 Å². The number of rotatable bonds is 3. The van der Waals surface area contributed by atoms with Crippen molar-refractivity contribution in [2.45, 2.75) is 12.5 Å². The molecule has 2 nitrogen and oxygen atoms in total. The fraction of sp³-hybridized carbons (Fsp3) is 1.00. The molecule has 0 spiro atoms. The molecule has 0 bridgehead atoms. The summed E-state index contributed by atoms with van der Waals surface area (Å²) in [6, 6.07) is 0. The third-order valence-electron chi connectivity index (χ3n) is 0.968. The van der Waals surface area contributed by atoms with Gasteiger partial charge in [0.25, 0.3) is 0 Å². The zero-order valence-corrected chi connectivity index (χ0v) is 6.54. The van der Waals surface area contributed by atoms with Gasteiger partial charge in [0.15, 0.2) is 0 Å². The predicted octanol–water partition coefficient (Wildman–Crippen LogP) is 0.584. The summed E-state index contributed by atoms with van der Waals surface area (Å²) in [4.78, 5) is 0. The minimum absolute atomic E-state index is 0.341. The molecule has 0 atom stereocenters. The third kappa shape index (κ3) is 2.26. The molecular weight excluding hydrogens is 142 g/mol. The molecule has 0 saturated carbocycles. The summed E-state index contributed by atoms with van der Waals surface area (Å²) in [5.41, 5.74) is 1.78. The van der Waals surface area contributed by atoms with Gasteiger partial charge in [-0.25, -0.2) is 0 Å². The average Bonchev–Trinajstić information content (AvgIpc) is 1.87. The van der Waals surface area contributed by atoms with Crippen molar-refractivity contribution in [1.82, 2.24) is 5.48 Å². The summed E-state index contributed by atoms with van der Waals surface area (Å²) in [6.45, 7) is 1.84. The topological polar surface area (TPSA) is 32.3 Å². The Balaban J connectivity index is 3.58. The highest BCUT2D eigenvalue weighted by Gasteiger charge is 2.17. The highest BCUT2D eigenvalue weighted by atomic mass is 32.1. The summed E-state index contributed by atoms with van der Waals surface area (Å²) in [6.07, 6.45) is 0. The second-order valence-electron chi connectivity index (χ2n) is 1.99. The maximum Gasteiger partial charge on any atom is 0.0577 e. The summed E-state index contributed by atoms with van der Waals surface area (Å²) in [5, 5.41) is 8.44. The first-order valence-corrected chi connectivity index (χ1v) is 3.58. The minimum atomic E-state index is -0.341. The highest BCUT2D eigenvalue weighted by Crippen LogP contribution is 2.05. The molecule has 0 heterocycles. The fourth-order valence-electron chi connectivity index (χ4n) is 0.121. The molecule has 0 aromatic heterocycles. The summed E-state index contributed by atoms with van der Waals surface area (Å²) in [7, 11) is 0. The van der Waals surface area contributed by atoms with Crippen molar-refractivity contribution >= 4 is 25.3 Å². The van der Waals surface area contributed by atoms with E-state index in [1.165, 1.54) is 0 Å². The molecule has 0 fully saturated rings. The zero-order chi connectivity index (χ0) is 6.62. The predicted molar refractivity (Wildman–Crippen MR) is 41.0 cm³/mol. The van der Waals surface area contributed by atoms with Crippen molar-refractivity contribution in [2.75, 3.05) is 11.5 Å². The molecular formula is C4H11NOS2. The lowest BCUT2D eigenvalue weighted by atomic mass is 10.1. The van der Waals surface area contributed by atoms with E-state index >= 15 is 0 Å². The number of hydroxylamine groups is 1. The third-order valence-corrected chi connectivity index (χ3v) is 2.36. The van der Waals surface area contributed by atoms with Gasteiger partial charge < -0.3 is 5.21 Å². The molecule has 0 aliphatic carbocycles. The standard InChI is InChI=1S/C4H11NOS2/c1-4(2-7,3-8)5-6/h5-8H,2-3H2,1H3. The van der Waals surface area contributed by atoms with Gasteiger partial charge in [0.2, 0.25) is 0 Å².